The van der Waals surface area contributed by atoms with E-state index in [4.69, 9.17) is 10.5 Å². The number of halogens is 3. The molecule has 2 aromatic rings. The van der Waals surface area contributed by atoms with Gasteiger partial charge in [0.25, 0.3) is 5.56 Å². The van der Waals surface area contributed by atoms with Crippen LogP contribution in [0.25, 0.3) is 11.4 Å². The third-order valence-corrected chi connectivity index (χ3v) is 5.06. The lowest BCUT2D eigenvalue weighted by Gasteiger charge is -2.15. The first-order valence-electron chi connectivity index (χ1n) is 9.75. The predicted molar refractivity (Wildman–Crippen MR) is 122 cm³/mol. The lowest BCUT2D eigenvalue weighted by Crippen LogP contribution is -2.23. The summed E-state index contributed by atoms with van der Waals surface area (Å²) in [4.78, 5) is 21.2. The minimum absolute atomic E-state index is 0.0530. The Bertz CT molecular complexity index is 1220. The van der Waals surface area contributed by atoms with Crippen LogP contribution in [0.15, 0.2) is 58.8 Å². The van der Waals surface area contributed by atoms with Crippen molar-refractivity contribution in [2.45, 2.75) is 12.6 Å². The van der Waals surface area contributed by atoms with Crippen LogP contribution in [0.2, 0.25) is 0 Å². The normalized spacial score (nSPS) is 12.6. The van der Waals surface area contributed by atoms with Crippen molar-refractivity contribution in [3.63, 3.8) is 0 Å². The number of nitrogens with two attached hydrogens (primary N) is 1. The van der Waals surface area contributed by atoms with Gasteiger partial charge in [0.1, 0.15) is 15.6 Å². The van der Waals surface area contributed by atoms with Crippen LogP contribution in [0.1, 0.15) is 12.1 Å². The summed E-state index contributed by atoms with van der Waals surface area (Å²) in [6.07, 6.45) is 0.623. The molecule has 1 heterocycles. The Morgan fingerprint density at radius 3 is 2.50 bits per heavy atom. The first-order valence-corrected chi connectivity index (χ1v) is 11.8. The van der Waals surface area contributed by atoms with Crippen LogP contribution in [-0.2, 0) is 9.84 Å². The Morgan fingerprint density at radius 1 is 1.26 bits per heavy atom. The molecular weight excluding hydrogens is 477 g/mol. The highest BCUT2D eigenvalue weighted by Gasteiger charge is 2.28. The summed E-state index contributed by atoms with van der Waals surface area (Å²) in [5.41, 5.74) is 5.33. The first kappa shape index (κ1) is 26.6. The van der Waals surface area contributed by atoms with E-state index in [1.165, 1.54) is 42.5 Å². The third-order valence-electron chi connectivity index (χ3n) is 4.03. The topological polar surface area (TPSA) is 126 Å². The van der Waals surface area contributed by atoms with Crippen molar-refractivity contribution < 1.29 is 31.1 Å². The maximum Gasteiger partial charge on any atom is 0.422 e. The van der Waals surface area contributed by atoms with Gasteiger partial charge in [0, 0.05) is 12.3 Å². The largest absolute Gasteiger partial charge is 0.484 e. The Kier molecular flexibility index (Phi) is 9.01. The van der Waals surface area contributed by atoms with Crippen LogP contribution < -0.4 is 20.8 Å². The van der Waals surface area contributed by atoms with Gasteiger partial charge in [0.05, 0.1) is 35.8 Å². The summed E-state index contributed by atoms with van der Waals surface area (Å²) in [7, 11) is -3.22. The number of rotatable bonds is 11. The molecule has 9 nitrogen and oxygen atoms in total. The van der Waals surface area contributed by atoms with Gasteiger partial charge in [-0.05, 0) is 36.8 Å². The predicted octanol–water partition coefficient (Wildman–Crippen LogP) is 2.50. The van der Waals surface area contributed by atoms with Gasteiger partial charge in [-0.25, -0.2) is 18.0 Å². The molecule has 0 saturated carbocycles. The minimum atomic E-state index is -4.50. The maximum absolute atomic E-state index is 12.9. The second kappa shape index (κ2) is 11.5. The molecule has 0 unspecified atom stereocenters. The zero-order valence-electron chi connectivity index (χ0n) is 18.2. The van der Waals surface area contributed by atoms with Crippen LogP contribution in [0.4, 0.5) is 13.2 Å². The Labute approximate surface area is 194 Å². The van der Waals surface area contributed by atoms with Crippen molar-refractivity contribution in [1.29, 1.82) is 0 Å². The molecule has 0 aliphatic carbocycles. The van der Waals surface area contributed by atoms with Crippen LogP contribution in [0, 0.1) is 0 Å². The van der Waals surface area contributed by atoms with Crippen LogP contribution in [-0.4, -0.2) is 55.7 Å². The number of aromatic nitrogens is 2. The summed E-state index contributed by atoms with van der Waals surface area (Å²) in [6, 6.07) is 6.22. The van der Waals surface area contributed by atoms with Gasteiger partial charge >= 0.3 is 12.2 Å². The van der Waals surface area contributed by atoms with E-state index in [9.17, 15) is 26.4 Å². The van der Waals surface area contributed by atoms with Crippen molar-refractivity contribution in [1.82, 2.24) is 9.55 Å². The molecule has 0 radical (unpaired) electrons. The molecule has 0 aliphatic heterocycles. The van der Waals surface area contributed by atoms with E-state index in [1.807, 2.05) is 0 Å². The Morgan fingerprint density at radius 2 is 1.94 bits per heavy atom. The number of allylic oxidation sites excluding steroid dienone is 2. The SMILES string of the molecule is C=C/C=C(\N=CN)c1cc(=O)n(-c2ccc(OCC(F)(F)F)cc2)c(OCCCS(C)(=O)=O)n1. The highest BCUT2D eigenvalue weighted by Crippen LogP contribution is 2.22. The number of ether oxygens (including phenoxy) is 2. The molecule has 1 aromatic carbocycles. The van der Waals surface area contributed by atoms with Crippen molar-refractivity contribution in [3.05, 3.63) is 65.1 Å². The molecule has 34 heavy (non-hydrogen) atoms. The molecule has 0 saturated heterocycles. The van der Waals surface area contributed by atoms with E-state index >= 15 is 0 Å². The van der Waals surface area contributed by atoms with E-state index in [0.717, 1.165) is 17.2 Å². The first-order chi connectivity index (χ1) is 15.9. The average molecular weight is 500 g/mol. The smallest absolute Gasteiger partial charge is 0.422 e. The molecule has 2 N–H and O–H groups in total. The standard InChI is InChI=1S/C21H23F3N4O5S/c1-3-5-17(26-14-25)18-12-19(29)28(20(27-18)32-10-4-11-34(2,30)31)15-6-8-16(9-7-15)33-13-21(22,23)24/h3,5-9,12,14H,1,4,10-11,13H2,2H3,(H2,25,26)/b17-5-. The van der Waals surface area contributed by atoms with Crippen molar-refractivity contribution >= 4 is 21.9 Å². The highest BCUT2D eigenvalue weighted by atomic mass is 32.2. The van der Waals surface area contributed by atoms with E-state index in [1.54, 1.807) is 0 Å². The molecule has 1 aromatic heterocycles. The monoisotopic (exact) mass is 500 g/mol. The summed E-state index contributed by atoms with van der Waals surface area (Å²) in [5.74, 6) is -0.191. The zero-order chi connectivity index (χ0) is 25.4. The molecule has 0 fully saturated rings. The molecule has 0 spiro atoms. The third kappa shape index (κ3) is 8.39. The molecule has 0 amide bonds. The van der Waals surface area contributed by atoms with Gasteiger partial charge < -0.3 is 15.2 Å². The van der Waals surface area contributed by atoms with Gasteiger partial charge in [-0.15, -0.1) is 0 Å². The Hall–Kier alpha value is -3.61. The number of hydrogen-bond acceptors (Lipinski definition) is 7. The number of alkyl halides is 3. The second-order valence-corrected chi connectivity index (χ2v) is 9.15. The summed E-state index contributed by atoms with van der Waals surface area (Å²) >= 11 is 0. The average Bonchev–Trinajstić information content (AvgIpc) is 2.74. The lowest BCUT2D eigenvalue weighted by atomic mass is 10.2. The van der Waals surface area contributed by atoms with Gasteiger partial charge in [0.2, 0.25) is 0 Å². The Balaban J connectivity index is 2.45. The molecule has 0 atom stereocenters. The van der Waals surface area contributed by atoms with Crippen LogP contribution in [0.3, 0.4) is 0 Å². The summed E-state index contributed by atoms with van der Waals surface area (Å²) in [5, 5.41) is 0. The number of nitrogens with zero attached hydrogens (tertiary/aromatic N) is 3. The van der Waals surface area contributed by atoms with Crippen LogP contribution >= 0.6 is 0 Å². The highest BCUT2D eigenvalue weighted by molar-refractivity contribution is 7.90. The minimum Gasteiger partial charge on any atom is -0.484 e. The van der Waals surface area contributed by atoms with Gasteiger partial charge in [0.15, 0.2) is 6.61 Å². The fourth-order valence-corrected chi connectivity index (χ4v) is 3.30. The summed E-state index contributed by atoms with van der Waals surface area (Å²) < 4.78 is 71.2. The van der Waals surface area contributed by atoms with Gasteiger partial charge in [-0.3, -0.25) is 4.79 Å². The molecular formula is C21H23F3N4O5S. The fourth-order valence-electron chi connectivity index (χ4n) is 2.65. The van der Waals surface area contributed by atoms with Crippen molar-refractivity contribution in [2.24, 2.45) is 10.7 Å². The van der Waals surface area contributed by atoms with E-state index in [2.05, 4.69) is 21.3 Å². The quantitative estimate of drug-likeness (QED) is 0.217. The lowest BCUT2D eigenvalue weighted by molar-refractivity contribution is -0.153. The number of benzene rings is 1. The van der Waals surface area contributed by atoms with Crippen molar-refractivity contribution in [2.75, 3.05) is 25.2 Å². The molecule has 0 aliphatic rings. The second-order valence-electron chi connectivity index (χ2n) is 6.89. The van der Waals surface area contributed by atoms with Crippen LogP contribution in [0.5, 0.6) is 11.8 Å². The molecule has 184 valence electrons. The maximum atomic E-state index is 12.9. The number of aliphatic imine (C=N–C) groups is 1. The summed E-state index contributed by atoms with van der Waals surface area (Å²) in [6.45, 7) is 2.03. The van der Waals surface area contributed by atoms with Gasteiger partial charge in [-0.1, -0.05) is 12.7 Å². The van der Waals surface area contributed by atoms with E-state index in [-0.39, 0.29) is 47.6 Å². The van der Waals surface area contributed by atoms with Gasteiger partial charge in [-0.2, -0.15) is 18.2 Å². The molecule has 13 heteroatoms. The number of sulfone groups is 1. The van der Waals surface area contributed by atoms with E-state index < -0.39 is 28.2 Å². The fraction of sp³-hybridized carbons (Fsp3) is 0.286. The molecule has 2 rings (SSSR count). The van der Waals surface area contributed by atoms with E-state index in [0.29, 0.717) is 0 Å². The number of hydrogen-bond donors (Lipinski definition) is 1. The zero-order valence-corrected chi connectivity index (χ0v) is 19.0. The van der Waals surface area contributed by atoms with Crippen molar-refractivity contribution in [3.8, 4) is 17.4 Å². The molecule has 0 bridgehead atoms.